The summed E-state index contributed by atoms with van der Waals surface area (Å²) in [7, 11) is 0. The molecule has 0 aromatic carbocycles. The summed E-state index contributed by atoms with van der Waals surface area (Å²) in [6, 6.07) is 0. The summed E-state index contributed by atoms with van der Waals surface area (Å²) in [6.07, 6.45) is -16.0. The molecule has 0 bridgehead atoms. The highest BCUT2D eigenvalue weighted by Crippen LogP contribution is 2.23. The molecule has 10 nitrogen and oxygen atoms in total. The Morgan fingerprint density at radius 2 is 1.55 bits per heavy atom. The van der Waals surface area contributed by atoms with E-state index in [0.717, 1.165) is 0 Å². The van der Waals surface area contributed by atoms with Gasteiger partial charge < -0.3 is 45.6 Å². The third-order valence-corrected chi connectivity index (χ3v) is 3.68. The van der Waals surface area contributed by atoms with Gasteiger partial charge in [-0.25, -0.2) is 0 Å². The molecule has 1 fully saturated rings. The standard InChI is InChI=1S/C12H22O10/c1-3-5(15)7(17)10(20)12(22-3)11(21)9(19)8(18)6(16)4(14)2-13/h3-10,12-20H,2H2,1H3/t3-,4+,5+,6+,7+,8-,9-,10-,12?/m0/s1. The molecule has 0 aliphatic carbocycles. The Bertz CT molecular complexity index is 377. The highest BCUT2D eigenvalue weighted by Gasteiger charge is 2.48. The van der Waals surface area contributed by atoms with E-state index in [4.69, 9.17) is 9.84 Å². The van der Waals surface area contributed by atoms with Gasteiger partial charge in [0, 0.05) is 0 Å². The van der Waals surface area contributed by atoms with Crippen molar-refractivity contribution >= 4 is 5.78 Å². The summed E-state index contributed by atoms with van der Waals surface area (Å²) in [4.78, 5) is 12.0. The number of hydrogen-bond donors (Lipinski definition) is 8. The van der Waals surface area contributed by atoms with Gasteiger partial charge in [-0.1, -0.05) is 0 Å². The first-order chi connectivity index (χ1) is 10.1. The Balaban J connectivity index is 2.81. The van der Waals surface area contributed by atoms with Gasteiger partial charge in [-0.05, 0) is 6.92 Å². The molecular formula is C12H22O10. The van der Waals surface area contributed by atoms with Crippen LogP contribution >= 0.6 is 0 Å². The van der Waals surface area contributed by atoms with Gasteiger partial charge in [0.25, 0.3) is 0 Å². The summed E-state index contributed by atoms with van der Waals surface area (Å²) < 4.78 is 5.01. The molecule has 8 N–H and O–H groups in total. The van der Waals surface area contributed by atoms with E-state index in [1.54, 1.807) is 0 Å². The second kappa shape index (κ2) is 7.73. The Morgan fingerprint density at radius 1 is 1.00 bits per heavy atom. The molecule has 0 amide bonds. The number of hydrogen-bond acceptors (Lipinski definition) is 10. The first-order valence-electron chi connectivity index (χ1n) is 6.70. The van der Waals surface area contributed by atoms with Crippen LogP contribution in [0.1, 0.15) is 6.92 Å². The third kappa shape index (κ3) is 3.79. The van der Waals surface area contributed by atoms with Crippen LogP contribution < -0.4 is 0 Å². The molecule has 1 aliphatic rings. The topological polar surface area (TPSA) is 188 Å². The average molecular weight is 326 g/mol. The lowest BCUT2D eigenvalue weighted by Gasteiger charge is -2.39. The van der Waals surface area contributed by atoms with E-state index in [1.165, 1.54) is 6.92 Å². The number of aliphatic hydroxyl groups excluding tert-OH is 8. The number of Topliss-reactive ketones (excluding diaryl/α,β-unsaturated/α-hetero) is 1. The zero-order valence-corrected chi connectivity index (χ0v) is 11.8. The van der Waals surface area contributed by atoms with Gasteiger partial charge in [0.15, 0.2) is 5.78 Å². The lowest BCUT2D eigenvalue weighted by atomic mass is 9.89. The van der Waals surface area contributed by atoms with Gasteiger partial charge in [0.1, 0.15) is 48.8 Å². The first-order valence-corrected chi connectivity index (χ1v) is 6.70. The number of ketones is 1. The summed E-state index contributed by atoms with van der Waals surface area (Å²) >= 11 is 0. The van der Waals surface area contributed by atoms with Crippen LogP contribution in [0.25, 0.3) is 0 Å². The number of aliphatic hydroxyl groups is 8. The van der Waals surface area contributed by atoms with Crippen molar-refractivity contribution in [2.45, 2.75) is 61.9 Å². The van der Waals surface area contributed by atoms with Gasteiger partial charge >= 0.3 is 0 Å². The second-order valence-corrected chi connectivity index (χ2v) is 5.31. The monoisotopic (exact) mass is 326 g/mol. The van der Waals surface area contributed by atoms with Crippen LogP contribution in [0.5, 0.6) is 0 Å². The molecule has 130 valence electrons. The van der Waals surface area contributed by atoms with E-state index in [9.17, 15) is 40.5 Å². The molecule has 1 unspecified atom stereocenters. The van der Waals surface area contributed by atoms with Crippen molar-refractivity contribution in [3.8, 4) is 0 Å². The largest absolute Gasteiger partial charge is 0.394 e. The van der Waals surface area contributed by atoms with Crippen molar-refractivity contribution < 1.29 is 50.4 Å². The summed E-state index contributed by atoms with van der Waals surface area (Å²) in [5, 5.41) is 75.4. The van der Waals surface area contributed by atoms with E-state index >= 15 is 0 Å². The van der Waals surface area contributed by atoms with Crippen LogP contribution in [-0.4, -0.2) is 108 Å². The molecule has 10 heteroatoms. The van der Waals surface area contributed by atoms with Crippen molar-refractivity contribution in [1.82, 2.24) is 0 Å². The van der Waals surface area contributed by atoms with Crippen molar-refractivity contribution in [2.24, 2.45) is 0 Å². The minimum atomic E-state index is -2.24. The molecule has 9 atom stereocenters. The maximum atomic E-state index is 12.0. The molecule has 1 saturated heterocycles. The molecule has 0 aromatic heterocycles. The van der Waals surface area contributed by atoms with E-state index in [0.29, 0.717) is 0 Å². The van der Waals surface area contributed by atoms with Crippen LogP contribution in [0.15, 0.2) is 0 Å². The fourth-order valence-electron chi connectivity index (χ4n) is 2.15. The van der Waals surface area contributed by atoms with Gasteiger partial charge in [0.05, 0.1) is 12.7 Å². The highest BCUT2D eigenvalue weighted by atomic mass is 16.5. The lowest BCUT2D eigenvalue weighted by molar-refractivity contribution is -0.221. The predicted molar refractivity (Wildman–Crippen MR) is 68.5 cm³/mol. The molecular weight excluding hydrogens is 304 g/mol. The van der Waals surface area contributed by atoms with Gasteiger partial charge in [-0.15, -0.1) is 0 Å². The van der Waals surface area contributed by atoms with Crippen LogP contribution in [0.2, 0.25) is 0 Å². The average Bonchev–Trinajstić information content (AvgIpc) is 2.52. The number of carbonyl (C=O) groups excluding carboxylic acids is 1. The first kappa shape index (κ1) is 19.4. The maximum absolute atomic E-state index is 12.0. The molecule has 1 heterocycles. The molecule has 0 spiro atoms. The van der Waals surface area contributed by atoms with E-state index in [-0.39, 0.29) is 0 Å². The fourth-order valence-corrected chi connectivity index (χ4v) is 2.15. The third-order valence-electron chi connectivity index (χ3n) is 3.68. The van der Waals surface area contributed by atoms with Gasteiger partial charge in [-0.3, -0.25) is 4.79 Å². The van der Waals surface area contributed by atoms with Crippen LogP contribution in [0, 0.1) is 0 Å². The quantitative estimate of drug-likeness (QED) is 0.234. The van der Waals surface area contributed by atoms with Crippen molar-refractivity contribution in [2.75, 3.05) is 6.61 Å². The molecule has 0 radical (unpaired) electrons. The molecule has 1 aliphatic heterocycles. The fraction of sp³-hybridized carbons (Fsp3) is 0.917. The molecule has 0 saturated carbocycles. The minimum Gasteiger partial charge on any atom is -0.394 e. The predicted octanol–water partition coefficient (Wildman–Crippen LogP) is -5.14. The van der Waals surface area contributed by atoms with Gasteiger partial charge in [-0.2, -0.15) is 0 Å². The molecule has 22 heavy (non-hydrogen) atoms. The van der Waals surface area contributed by atoms with Crippen LogP contribution in [-0.2, 0) is 9.53 Å². The summed E-state index contributed by atoms with van der Waals surface area (Å²) in [5.74, 6) is -1.25. The summed E-state index contributed by atoms with van der Waals surface area (Å²) in [5.41, 5.74) is 0. The maximum Gasteiger partial charge on any atom is 0.195 e. The Hall–Kier alpha value is -0.690. The molecule has 0 aromatic rings. The SMILES string of the molecule is C[C@@H]1OC(C(=O)[C@@H](O)[C@@H](O)[C@H](O)[C@H](O)CO)[C@@H](O)[C@H](O)[C@@H]1O. The normalized spacial score (nSPS) is 38.1. The minimum absolute atomic E-state index is 0.913. The number of rotatable bonds is 6. The van der Waals surface area contributed by atoms with E-state index in [1.807, 2.05) is 0 Å². The Kier molecular flexibility index (Phi) is 6.80. The zero-order valence-electron chi connectivity index (χ0n) is 11.8. The Labute approximate surface area is 125 Å². The molecule has 1 rings (SSSR count). The van der Waals surface area contributed by atoms with Gasteiger partial charge in [0.2, 0.25) is 0 Å². The highest BCUT2D eigenvalue weighted by molar-refractivity contribution is 5.88. The van der Waals surface area contributed by atoms with Crippen LogP contribution in [0.3, 0.4) is 0 Å². The van der Waals surface area contributed by atoms with E-state index in [2.05, 4.69) is 0 Å². The van der Waals surface area contributed by atoms with Crippen LogP contribution in [0.4, 0.5) is 0 Å². The number of ether oxygens (including phenoxy) is 1. The van der Waals surface area contributed by atoms with Crippen molar-refractivity contribution in [3.05, 3.63) is 0 Å². The van der Waals surface area contributed by atoms with Crippen molar-refractivity contribution in [1.29, 1.82) is 0 Å². The van der Waals surface area contributed by atoms with E-state index < -0.39 is 67.3 Å². The number of carbonyl (C=O) groups is 1. The summed E-state index contributed by atoms with van der Waals surface area (Å²) in [6.45, 7) is 0.414. The zero-order chi connectivity index (χ0) is 17.2. The van der Waals surface area contributed by atoms with Crippen molar-refractivity contribution in [3.63, 3.8) is 0 Å². The second-order valence-electron chi connectivity index (χ2n) is 5.31. The Morgan fingerprint density at radius 3 is 2.05 bits per heavy atom. The lowest BCUT2D eigenvalue weighted by Crippen LogP contribution is -2.62. The smallest absolute Gasteiger partial charge is 0.195 e.